The van der Waals surface area contributed by atoms with E-state index in [1.807, 2.05) is 12.1 Å². The van der Waals surface area contributed by atoms with Gasteiger partial charge in [0.2, 0.25) is 0 Å². The maximum atomic E-state index is 12.6. The Balaban J connectivity index is 1.80. The summed E-state index contributed by atoms with van der Waals surface area (Å²) in [5.74, 6) is -0.965. The monoisotopic (exact) mass is 477 g/mol. The summed E-state index contributed by atoms with van der Waals surface area (Å²) in [6.45, 7) is 1.69. The smallest absolute Gasteiger partial charge is 0.354 e. The van der Waals surface area contributed by atoms with Crippen LogP contribution in [0.5, 0.6) is 11.5 Å². The minimum atomic E-state index is -0.862. The molecule has 2 aromatic rings. The molecule has 0 aliphatic carbocycles. The molecule has 0 unspecified atom stereocenters. The normalized spacial score (nSPS) is 14.1. The number of esters is 1. The molecule has 1 heterocycles. The molecule has 1 amide bonds. The van der Waals surface area contributed by atoms with E-state index in [0.29, 0.717) is 42.5 Å². The Morgan fingerprint density at radius 2 is 1.59 bits per heavy atom. The summed E-state index contributed by atoms with van der Waals surface area (Å²) in [5, 5.41) is 19.4. The van der Waals surface area contributed by atoms with E-state index in [9.17, 15) is 20.1 Å². The molecular formula is C25H20ClN3O5. The fourth-order valence-corrected chi connectivity index (χ4v) is 3.25. The highest BCUT2D eigenvalue weighted by Gasteiger charge is 2.21. The average Bonchev–Trinajstić information content (AvgIpc) is 2.87. The molecule has 3 rings (SSSR count). The lowest BCUT2D eigenvalue weighted by atomic mass is 10.1. The number of amides is 1. The minimum Gasteiger partial charge on any atom is -0.493 e. The molecule has 0 spiro atoms. The molecule has 1 saturated heterocycles. The number of methoxy groups -OCH3 is 1. The van der Waals surface area contributed by atoms with Crippen molar-refractivity contribution in [1.82, 2.24) is 4.90 Å². The molecule has 0 atom stereocenters. The third kappa shape index (κ3) is 6.23. The first-order chi connectivity index (χ1) is 16.4. The lowest BCUT2D eigenvalue weighted by molar-refractivity contribution is -0.131. The second-order valence-corrected chi connectivity index (χ2v) is 7.53. The van der Waals surface area contributed by atoms with Crippen LogP contribution in [0.3, 0.4) is 0 Å². The molecule has 172 valence electrons. The van der Waals surface area contributed by atoms with Crippen molar-refractivity contribution >= 4 is 35.6 Å². The van der Waals surface area contributed by atoms with E-state index in [-0.39, 0.29) is 28.6 Å². The number of ether oxygens (including phenoxy) is 3. The van der Waals surface area contributed by atoms with Crippen LogP contribution in [-0.2, 0) is 14.3 Å². The highest BCUT2D eigenvalue weighted by atomic mass is 35.5. The standard InChI is InChI=1S/C25H20ClN3O5/c1-32-23-14-18(13-19(15-27)24(30)29-8-10-33-11-9-29)4-7-22(23)34-25(31)20(16-28)12-17-2-5-21(26)6-3-17/h2-7,12-14H,8-11H2,1H3/b19-13+,20-12+. The van der Waals surface area contributed by atoms with Crippen LogP contribution in [0.25, 0.3) is 12.2 Å². The number of benzene rings is 2. The Labute approximate surface area is 201 Å². The van der Waals surface area contributed by atoms with Gasteiger partial charge in [0.25, 0.3) is 5.91 Å². The molecule has 1 fully saturated rings. The summed E-state index contributed by atoms with van der Waals surface area (Å²) in [6, 6.07) is 14.9. The lowest BCUT2D eigenvalue weighted by Gasteiger charge is -2.26. The van der Waals surface area contributed by atoms with Crippen LogP contribution < -0.4 is 9.47 Å². The molecule has 8 nitrogen and oxygen atoms in total. The second kappa shape index (κ2) is 11.7. The fraction of sp³-hybridized carbons (Fsp3) is 0.200. The second-order valence-electron chi connectivity index (χ2n) is 7.10. The minimum absolute atomic E-state index is 0.0358. The Kier molecular flexibility index (Phi) is 8.42. The Morgan fingerprint density at radius 3 is 2.21 bits per heavy atom. The van der Waals surface area contributed by atoms with Crippen LogP contribution in [0.2, 0.25) is 5.02 Å². The predicted octanol–water partition coefficient (Wildman–Crippen LogP) is 3.63. The first kappa shape index (κ1) is 24.5. The number of rotatable bonds is 6. The van der Waals surface area contributed by atoms with Gasteiger partial charge in [-0.2, -0.15) is 10.5 Å². The zero-order chi connectivity index (χ0) is 24.5. The van der Waals surface area contributed by atoms with Gasteiger partial charge in [0.05, 0.1) is 20.3 Å². The van der Waals surface area contributed by atoms with Crippen LogP contribution in [0.15, 0.2) is 53.6 Å². The molecule has 1 aliphatic heterocycles. The van der Waals surface area contributed by atoms with Gasteiger partial charge in [-0.05, 0) is 47.5 Å². The van der Waals surface area contributed by atoms with Crippen molar-refractivity contribution in [1.29, 1.82) is 10.5 Å². The molecule has 0 radical (unpaired) electrons. The SMILES string of the molecule is COc1cc(/C=C(\C#N)C(=O)N2CCOCC2)ccc1OC(=O)/C(C#N)=C/c1ccc(Cl)cc1. The summed E-state index contributed by atoms with van der Waals surface area (Å²) in [7, 11) is 1.39. The maximum Gasteiger partial charge on any atom is 0.354 e. The number of nitrogens with zero attached hydrogens (tertiary/aromatic N) is 3. The molecule has 9 heteroatoms. The number of nitriles is 2. The fourth-order valence-electron chi connectivity index (χ4n) is 3.12. The average molecular weight is 478 g/mol. The molecule has 34 heavy (non-hydrogen) atoms. The van der Waals surface area contributed by atoms with E-state index < -0.39 is 5.97 Å². The van der Waals surface area contributed by atoms with E-state index in [0.717, 1.165) is 0 Å². The summed E-state index contributed by atoms with van der Waals surface area (Å²) in [4.78, 5) is 26.7. The third-order valence-electron chi connectivity index (χ3n) is 4.87. The summed E-state index contributed by atoms with van der Waals surface area (Å²) in [5.41, 5.74) is 0.869. The Hall–Kier alpha value is -4.11. The van der Waals surface area contributed by atoms with Gasteiger partial charge < -0.3 is 19.1 Å². The van der Waals surface area contributed by atoms with Crippen molar-refractivity contribution in [2.24, 2.45) is 0 Å². The number of halogens is 1. The Morgan fingerprint density at radius 1 is 0.971 bits per heavy atom. The van der Waals surface area contributed by atoms with Crippen molar-refractivity contribution in [3.05, 3.63) is 69.8 Å². The van der Waals surface area contributed by atoms with Gasteiger partial charge in [-0.25, -0.2) is 4.79 Å². The molecule has 0 saturated carbocycles. The van der Waals surface area contributed by atoms with E-state index in [4.69, 9.17) is 25.8 Å². The zero-order valence-corrected chi connectivity index (χ0v) is 19.0. The van der Waals surface area contributed by atoms with Gasteiger partial charge in [0, 0.05) is 18.1 Å². The maximum absolute atomic E-state index is 12.6. The first-order valence-electron chi connectivity index (χ1n) is 10.2. The number of morpholine rings is 1. The van der Waals surface area contributed by atoms with E-state index >= 15 is 0 Å². The third-order valence-corrected chi connectivity index (χ3v) is 5.12. The first-order valence-corrected chi connectivity index (χ1v) is 10.6. The highest BCUT2D eigenvalue weighted by molar-refractivity contribution is 6.30. The van der Waals surface area contributed by atoms with Crippen molar-refractivity contribution in [3.63, 3.8) is 0 Å². The molecular weight excluding hydrogens is 458 g/mol. The summed E-state index contributed by atoms with van der Waals surface area (Å²) < 4.78 is 15.9. The van der Waals surface area contributed by atoms with Gasteiger partial charge in [-0.15, -0.1) is 0 Å². The van der Waals surface area contributed by atoms with Crippen LogP contribution >= 0.6 is 11.6 Å². The largest absolute Gasteiger partial charge is 0.493 e. The van der Waals surface area contributed by atoms with Crippen LogP contribution in [0, 0.1) is 22.7 Å². The van der Waals surface area contributed by atoms with Gasteiger partial charge >= 0.3 is 5.97 Å². The van der Waals surface area contributed by atoms with Crippen LogP contribution in [-0.4, -0.2) is 50.2 Å². The highest BCUT2D eigenvalue weighted by Crippen LogP contribution is 2.30. The summed E-state index contributed by atoms with van der Waals surface area (Å²) >= 11 is 5.86. The van der Waals surface area contributed by atoms with Gasteiger partial charge in [-0.1, -0.05) is 29.8 Å². The number of carbonyl (C=O) groups is 2. The molecule has 1 aliphatic rings. The van der Waals surface area contributed by atoms with Gasteiger partial charge in [0.15, 0.2) is 11.5 Å². The number of carbonyl (C=O) groups excluding carboxylic acids is 2. The summed E-state index contributed by atoms with van der Waals surface area (Å²) in [6.07, 6.45) is 2.83. The van der Waals surface area contributed by atoms with E-state index in [1.165, 1.54) is 31.4 Å². The molecule has 0 N–H and O–H groups in total. The molecule has 0 bridgehead atoms. The van der Waals surface area contributed by atoms with Crippen molar-refractivity contribution in [3.8, 4) is 23.6 Å². The van der Waals surface area contributed by atoms with Gasteiger partial charge in [-0.3, -0.25) is 4.79 Å². The zero-order valence-electron chi connectivity index (χ0n) is 18.3. The number of hydrogen-bond acceptors (Lipinski definition) is 7. The van der Waals surface area contributed by atoms with Crippen LogP contribution in [0.1, 0.15) is 11.1 Å². The molecule has 2 aromatic carbocycles. The topological polar surface area (TPSA) is 113 Å². The van der Waals surface area contributed by atoms with E-state index in [2.05, 4.69) is 0 Å². The van der Waals surface area contributed by atoms with Crippen molar-refractivity contribution in [2.45, 2.75) is 0 Å². The number of hydrogen-bond donors (Lipinski definition) is 0. The van der Waals surface area contributed by atoms with Crippen LogP contribution in [0.4, 0.5) is 0 Å². The van der Waals surface area contributed by atoms with Gasteiger partial charge in [0.1, 0.15) is 23.3 Å². The Bertz CT molecular complexity index is 1220. The lowest BCUT2D eigenvalue weighted by Crippen LogP contribution is -2.41. The molecule has 0 aromatic heterocycles. The van der Waals surface area contributed by atoms with E-state index in [1.54, 1.807) is 35.2 Å². The predicted molar refractivity (Wildman–Crippen MR) is 125 cm³/mol. The van der Waals surface area contributed by atoms with Crippen molar-refractivity contribution < 1.29 is 23.8 Å². The quantitative estimate of drug-likeness (QED) is 0.270. The van der Waals surface area contributed by atoms with Crippen molar-refractivity contribution in [2.75, 3.05) is 33.4 Å².